The number of likely N-dealkylation sites (tertiary alicyclic amines) is 1. The van der Waals surface area contributed by atoms with Crippen LogP contribution in [0, 0.1) is 37.1 Å². The van der Waals surface area contributed by atoms with Gasteiger partial charge in [-0.15, -0.1) is 0 Å². The number of nitriles is 1. The Hall–Kier alpha value is -3.55. The third kappa shape index (κ3) is 3.45. The normalized spacial score (nSPS) is 19.3. The molecular weight excluding hydrogens is 401 g/mol. The Bertz CT molecular complexity index is 1140. The predicted molar refractivity (Wildman–Crippen MR) is 99.0 cm³/mol. The Labute approximate surface area is 168 Å². The number of hydrogen-bond acceptors (Lipinski definition) is 6. The van der Waals surface area contributed by atoms with Crippen LogP contribution in [0.5, 0.6) is 0 Å². The van der Waals surface area contributed by atoms with Gasteiger partial charge in [0.15, 0.2) is 12.0 Å². The van der Waals surface area contributed by atoms with E-state index in [1.54, 1.807) is 29.8 Å². The van der Waals surface area contributed by atoms with Crippen molar-refractivity contribution in [3.05, 3.63) is 36.0 Å². The Balaban J connectivity index is 1.58. The van der Waals surface area contributed by atoms with E-state index in [1.807, 2.05) is 13.0 Å². The maximum Gasteiger partial charge on any atom is 0.394 e. The van der Waals surface area contributed by atoms with Crippen molar-refractivity contribution in [2.45, 2.75) is 20.0 Å². The summed E-state index contributed by atoms with van der Waals surface area (Å²) < 4.78 is 46.7. The number of rotatable bonds is 3. The van der Waals surface area contributed by atoms with E-state index in [-0.39, 0.29) is 12.4 Å². The summed E-state index contributed by atoms with van der Waals surface area (Å²) >= 11 is 0. The Morgan fingerprint density at radius 2 is 2.07 bits per heavy atom. The largest absolute Gasteiger partial charge is 0.394 e. The fourth-order valence-corrected chi connectivity index (χ4v) is 3.80. The van der Waals surface area contributed by atoms with E-state index < -0.39 is 30.5 Å². The van der Waals surface area contributed by atoms with Gasteiger partial charge in [0.2, 0.25) is 5.91 Å². The highest BCUT2D eigenvalue weighted by Crippen LogP contribution is 2.38. The molecule has 8 nitrogen and oxygen atoms in total. The second-order valence-electron chi connectivity index (χ2n) is 7.26. The number of aromatic nitrogens is 3. The third-order valence-corrected chi connectivity index (χ3v) is 5.24. The zero-order chi connectivity index (χ0) is 21.6. The summed E-state index contributed by atoms with van der Waals surface area (Å²) in [5.41, 5.74) is 2.90. The minimum Gasteiger partial charge on any atom is -0.361 e. The van der Waals surface area contributed by atoms with Gasteiger partial charge in [0.1, 0.15) is 11.4 Å². The molecule has 3 aromatic heterocycles. The van der Waals surface area contributed by atoms with E-state index in [1.165, 1.54) is 6.20 Å². The molecule has 4 heterocycles. The van der Waals surface area contributed by atoms with E-state index in [0.29, 0.717) is 11.4 Å². The molecule has 3 aromatic rings. The summed E-state index contributed by atoms with van der Waals surface area (Å²) in [6, 6.07) is 3.55. The van der Waals surface area contributed by atoms with Gasteiger partial charge >= 0.3 is 6.18 Å². The minimum atomic E-state index is -4.57. The van der Waals surface area contributed by atoms with Crippen LogP contribution in [0.4, 0.5) is 19.0 Å². The third-order valence-electron chi connectivity index (χ3n) is 5.24. The van der Waals surface area contributed by atoms with Crippen LogP contribution in [-0.4, -0.2) is 44.6 Å². The molecule has 4 rings (SSSR count). The number of amides is 1. The first-order chi connectivity index (χ1) is 14.2. The second-order valence-corrected chi connectivity index (χ2v) is 7.26. The van der Waals surface area contributed by atoms with E-state index >= 15 is 0 Å². The van der Waals surface area contributed by atoms with Crippen LogP contribution >= 0.6 is 0 Å². The lowest BCUT2D eigenvalue weighted by Gasteiger charge is -2.19. The molecule has 0 saturated carbocycles. The van der Waals surface area contributed by atoms with Gasteiger partial charge in [-0.1, -0.05) is 5.16 Å². The molecule has 2 atom stereocenters. The summed E-state index contributed by atoms with van der Waals surface area (Å²) in [7, 11) is 0. The number of nitrogens with one attached hydrogen (secondary N) is 1. The molecule has 1 N–H and O–H groups in total. The molecule has 11 heteroatoms. The number of carbonyl (C=O) groups excluding carboxylic acids is 1. The number of fused-ring (bicyclic) bond motifs is 1. The zero-order valence-corrected chi connectivity index (χ0v) is 16.1. The topological polar surface area (TPSA) is 99.5 Å². The highest BCUT2D eigenvalue weighted by atomic mass is 19.4. The molecule has 2 unspecified atom stereocenters. The van der Waals surface area contributed by atoms with Crippen LogP contribution in [0.1, 0.15) is 11.5 Å². The average Bonchev–Trinajstić information content (AvgIpc) is 3.37. The summed E-state index contributed by atoms with van der Waals surface area (Å²) in [5, 5.41) is 15.3. The number of nitrogens with zero attached hydrogens (tertiary/aromatic N) is 5. The first-order valence-corrected chi connectivity index (χ1v) is 9.11. The van der Waals surface area contributed by atoms with Crippen molar-refractivity contribution in [2.24, 2.45) is 11.8 Å². The fourth-order valence-electron chi connectivity index (χ4n) is 3.80. The van der Waals surface area contributed by atoms with Crippen molar-refractivity contribution >= 4 is 17.4 Å². The standard InChI is InChI=1S/C19H17F3N6O2/c1-10-17(11(2)30-26-10)12-3-4-16-24-15(8-28(16)5-12)25-18(29)13-6-27(9-23)7-14(13)19(20,21)22/h3-5,8,13-14H,6-7H2,1-2H3,(H,25,29). The smallest absolute Gasteiger partial charge is 0.361 e. The summed E-state index contributed by atoms with van der Waals surface area (Å²) in [5.74, 6) is -3.31. The van der Waals surface area contributed by atoms with Crippen LogP contribution < -0.4 is 5.32 Å². The van der Waals surface area contributed by atoms with E-state index in [2.05, 4.69) is 15.5 Å². The average molecular weight is 418 g/mol. The second kappa shape index (κ2) is 7.05. The maximum atomic E-state index is 13.3. The molecule has 1 saturated heterocycles. The van der Waals surface area contributed by atoms with E-state index in [9.17, 15) is 18.0 Å². The van der Waals surface area contributed by atoms with Gasteiger partial charge < -0.3 is 19.1 Å². The fraction of sp³-hybridized carbons (Fsp3) is 0.368. The molecule has 1 aliphatic heterocycles. The first kappa shape index (κ1) is 19.8. The first-order valence-electron chi connectivity index (χ1n) is 9.11. The summed E-state index contributed by atoms with van der Waals surface area (Å²) in [4.78, 5) is 17.7. The molecular formula is C19H17F3N6O2. The Kier molecular flexibility index (Phi) is 4.64. The van der Waals surface area contributed by atoms with Gasteiger partial charge in [-0.05, 0) is 26.0 Å². The number of halogens is 3. The van der Waals surface area contributed by atoms with Crippen molar-refractivity contribution < 1.29 is 22.5 Å². The number of hydrogen-bond donors (Lipinski definition) is 1. The molecule has 30 heavy (non-hydrogen) atoms. The number of anilines is 1. The molecule has 0 bridgehead atoms. The molecule has 0 aliphatic carbocycles. The van der Waals surface area contributed by atoms with Gasteiger partial charge in [0.05, 0.1) is 23.7 Å². The number of aryl methyl sites for hydroxylation is 2. The lowest BCUT2D eigenvalue weighted by atomic mass is 9.94. The number of carbonyl (C=O) groups is 1. The van der Waals surface area contributed by atoms with Crippen LogP contribution in [0.2, 0.25) is 0 Å². The van der Waals surface area contributed by atoms with Crippen LogP contribution in [0.15, 0.2) is 29.0 Å². The molecule has 0 aromatic carbocycles. The molecule has 0 spiro atoms. The summed E-state index contributed by atoms with van der Waals surface area (Å²) in [6.45, 7) is 2.81. The predicted octanol–water partition coefficient (Wildman–Crippen LogP) is 3.14. The SMILES string of the molecule is Cc1noc(C)c1-c1ccc2nc(NC(=O)C3CN(C#N)CC3C(F)(F)F)cn2c1. The Morgan fingerprint density at radius 3 is 2.70 bits per heavy atom. The van der Waals surface area contributed by atoms with Gasteiger partial charge in [-0.25, -0.2) is 4.98 Å². The Morgan fingerprint density at radius 1 is 1.30 bits per heavy atom. The highest BCUT2D eigenvalue weighted by molar-refractivity contribution is 5.92. The zero-order valence-electron chi connectivity index (χ0n) is 16.1. The molecule has 1 aliphatic rings. The van der Waals surface area contributed by atoms with E-state index in [0.717, 1.165) is 21.7 Å². The maximum absolute atomic E-state index is 13.3. The molecule has 156 valence electrons. The van der Waals surface area contributed by atoms with Crippen molar-refractivity contribution in [1.82, 2.24) is 19.4 Å². The van der Waals surface area contributed by atoms with Crippen molar-refractivity contribution in [3.63, 3.8) is 0 Å². The van der Waals surface area contributed by atoms with Crippen molar-refractivity contribution in [2.75, 3.05) is 18.4 Å². The van der Waals surface area contributed by atoms with Crippen molar-refractivity contribution in [1.29, 1.82) is 5.26 Å². The minimum absolute atomic E-state index is 0.132. The molecule has 1 fully saturated rings. The van der Waals surface area contributed by atoms with Crippen LogP contribution in [0.3, 0.4) is 0 Å². The van der Waals surface area contributed by atoms with Crippen LogP contribution in [-0.2, 0) is 4.79 Å². The van der Waals surface area contributed by atoms with Crippen molar-refractivity contribution in [3.8, 4) is 17.3 Å². The quantitative estimate of drug-likeness (QED) is 0.656. The highest BCUT2D eigenvalue weighted by Gasteiger charge is 2.52. The monoisotopic (exact) mass is 418 g/mol. The van der Waals surface area contributed by atoms with Gasteiger partial charge in [-0.2, -0.15) is 18.4 Å². The van der Waals surface area contributed by atoms with E-state index in [4.69, 9.17) is 9.78 Å². The lowest BCUT2D eigenvalue weighted by molar-refractivity contribution is -0.181. The van der Waals surface area contributed by atoms with Gasteiger partial charge in [0, 0.05) is 30.4 Å². The lowest BCUT2D eigenvalue weighted by Crippen LogP contribution is -2.36. The van der Waals surface area contributed by atoms with Gasteiger partial charge in [-0.3, -0.25) is 4.79 Å². The van der Waals surface area contributed by atoms with Gasteiger partial charge in [0.25, 0.3) is 0 Å². The van der Waals surface area contributed by atoms with Crippen LogP contribution in [0.25, 0.3) is 16.8 Å². The molecule has 1 amide bonds. The number of pyridine rings is 1. The summed E-state index contributed by atoms with van der Waals surface area (Å²) in [6.07, 6.45) is 0.408. The molecule has 0 radical (unpaired) electrons. The number of imidazole rings is 1. The number of alkyl halides is 3.